The van der Waals surface area contributed by atoms with Gasteiger partial charge in [-0.25, -0.2) is 10.1 Å². The highest BCUT2D eigenvalue weighted by Crippen LogP contribution is 2.14. The summed E-state index contributed by atoms with van der Waals surface area (Å²) in [6, 6.07) is 0. The maximum atomic E-state index is 11.2. The third-order valence-corrected chi connectivity index (χ3v) is 2.06. The monoisotopic (exact) mass is 198 g/mol. The van der Waals surface area contributed by atoms with Crippen LogP contribution < -0.4 is 0 Å². The third-order valence-electron chi connectivity index (χ3n) is 2.06. The van der Waals surface area contributed by atoms with Crippen molar-refractivity contribution in [1.29, 1.82) is 0 Å². The minimum absolute atomic E-state index is 0.423. The molecule has 14 heavy (non-hydrogen) atoms. The Hall–Kier alpha value is -0.980. The van der Waals surface area contributed by atoms with E-state index in [1.54, 1.807) is 11.0 Å². The molecule has 2 heterocycles. The Morgan fingerprint density at radius 1 is 1.64 bits per heavy atom. The van der Waals surface area contributed by atoms with Crippen molar-refractivity contribution >= 4 is 0 Å². The molecule has 0 N–H and O–H groups in total. The van der Waals surface area contributed by atoms with Crippen molar-refractivity contribution in [3.8, 4) is 0 Å². The molecule has 2 atom stereocenters. The number of ether oxygens (including phenoxy) is 2. The third kappa shape index (κ3) is 2.28. The fraction of sp³-hybridized carbons (Fsp3) is 0.750. The average molecular weight is 198 g/mol. The molecule has 1 aliphatic heterocycles. The quantitative estimate of drug-likeness (QED) is 0.674. The molecule has 2 unspecified atom stereocenters. The molecule has 1 aromatic rings. The lowest BCUT2D eigenvalue weighted by Gasteiger charge is -2.12. The molecule has 1 fully saturated rings. The summed E-state index contributed by atoms with van der Waals surface area (Å²) in [7, 11) is 0. The van der Waals surface area contributed by atoms with E-state index in [-0.39, 0.29) is 0 Å². The van der Waals surface area contributed by atoms with Gasteiger partial charge in [0.25, 0.3) is 0 Å². The topological polar surface area (TPSA) is 69.1 Å². The highest BCUT2D eigenvalue weighted by atomic mass is 16.7. The van der Waals surface area contributed by atoms with Crippen LogP contribution in [0.25, 0.3) is 0 Å². The second kappa shape index (κ2) is 4.50. The molecular weight excluding hydrogens is 186 g/mol. The standard InChI is InChI=1S/C8H12N3O3/c12-7-1-3-13-8(7)14-4-2-11-6-9-5-10-11/h5-8H,1-4H2. The van der Waals surface area contributed by atoms with Crippen molar-refractivity contribution < 1.29 is 14.6 Å². The van der Waals surface area contributed by atoms with Crippen LogP contribution in [0.15, 0.2) is 12.7 Å². The lowest BCUT2D eigenvalue weighted by molar-refractivity contribution is -0.164. The molecule has 1 aliphatic rings. The van der Waals surface area contributed by atoms with Crippen molar-refractivity contribution in [1.82, 2.24) is 14.8 Å². The first-order chi connectivity index (χ1) is 6.86. The highest BCUT2D eigenvalue weighted by Gasteiger charge is 2.28. The van der Waals surface area contributed by atoms with Gasteiger partial charge in [0.2, 0.25) is 0 Å². The van der Waals surface area contributed by atoms with Crippen LogP contribution in [-0.2, 0) is 21.1 Å². The molecule has 0 aliphatic carbocycles. The minimum atomic E-state index is -0.745. The zero-order chi connectivity index (χ0) is 9.80. The van der Waals surface area contributed by atoms with E-state index in [0.29, 0.717) is 26.2 Å². The molecule has 77 valence electrons. The van der Waals surface area contributed by atoms with Gasteiger partial charge < -0.3 is 9.47 Å². The molecule has 0 aromatic carbocycles. The molecule has 1 aromatic heterocycles. The van der Waals surface area contributed by atoms with Gasteiger partial charge in [0.05, 0.1) is 19.8 Å². The Kier molecular flexibility index (Phi) is 3.07. The van der Waals surface area contributed by atoms with E-state index in [0.717, 1.165) is 0 Å². The van der Waals surface area contributed by atoms with Gasteiger partial charge in [0, 0.05) is 6.42 Å². The zero-order valence-electron chi connectivity index (χ0n) is 7.70. The van der Waals surface area contributed by atoms with Gasteiger partial charge in [0.15, 0.2) is 6.29 Å². The summed E-state index contributed by atoms with van der Waals surface area (Å²) < 4.78 is 12.0. The number of hydrogen-bond donors (Lipinski definition) is 0. The van der Waals surface area contributed by atoms with E-state index < -0.39 is 12.4 Å². The zero-order valence-corrected chi connectivity index (χ0v) is 7.70. The van der Waals surface area contributed by atoms with Gasteiger partial charge >= 0.3 is 0 Å². The minimum Gasteiger partial charge on any atom is -0.350 e. The van der Waals surface area contributed by atoms with Gasteiger partial charge in [-0.05, 0) is 0 Å². The number of hydrogen-bond acceptors (Lipinski definition) is 4. The van der Waals surface area contributed by atoms with Gasteiger partial charge in [0.1, 0.15) is 18.8 Å². The summed E-state index contributed by atoms with van der Waals surface area (Å²) in [6.07, 6.45) is 2.27. The van der Waals surface area contributed by atoms with Gasteiger partial charge in [-0.3, -0.25) is 4.68 Å². The predicted molar refractivity (Wildman–Crippen MR) is 44.8 cm³/mol. The lowest BCUT2D eigenvalue weighted by atomic mass is 10.3. The van der Waals surface area contributed by atoms with E-state index in [9.17, 15) is 5.11 Å². The van der Waals surface area contributed by atoms with E-state index in [1.807, 2.05) is 0 Å². The smallest absolute Gasteiger partial charge is 0.187 e. The molecule has 1 radical (unpaired) electrons. The Labute approximate surface area is 81.5 Å². The summed E-state index contributed by atoms with van der Waals surface area (Å²) in [6.45, 7) is 1.52. The van der Waals surface area contributed by atoms with Crippen LogP contribution in [0.5, 0.6) is 0 Å². The van der Waals surface area contributed by atoms with Crippen LogP contribution >= 0.6 is 0 Å². The van der Waals surface area contributed by atoms with Crippen LogP contribution in [0.3, 0.4) is 0 Å². The van der Waals surface area contributed by atoms with E-state index in [2.05, 4.69) is 10.1 Å². The molecule has 6 nitrogen and oxygen atoms in total. The SMILES string of the molecule is [O]C1CCOC1OCCn1cncn1. The molecule has 0 saturated carbocycles. The molecule has 1 saturated heterocycles. The summed E-state index contributed by atoms with van der Waals surface area (Å²) in [5.74, 6) is 0. The fourth-order valence-corrected chi connectivity index (χ4v) is 1.31. The maximum absolute atomic E-state index is 11.2. The second-order valence-electron chi connectivity index (χ2n) is 3.10. The summed E-state index contributed by atoms with van der Waals surface area (Å²) in [4.78, 5) is 3.79. The predicted octanol–water partition coefficient (Wildman–Crippen LogP) is -0.160. The lowest BCUT2D eigenvalue weighted by Crippen LogP contribution is -2.25. The Morgan fingerprint density at radius 3 is 3.21 bits per heavy atom. The van der Waals surface area contributed by atoms with Crippen molar-refractivity contribution in [2.75, 3.05) is 13.2 Å². The van der Waals surface area contributed by atoms with Crippen molar-refractivity contribution in [2.45, 2.75) is 25.4 Å². The van der Waals surface area contributed by atoms with Gasteiger partial charge in [-0.15, -0.1) is 0 Å². The van der Waals surface area contributed by atoms with Crippen LogP contribution in [0.1, 0.15) is 6.42 Å². The molecular formula is C8H12N3O3. The van der Waals surface area contributed by atoms with Crippen LogP contribution in [0.2, 0.25) is 0 Å². The first kappa shape index (κ1) is 9.57. The van der Waals surface area contributed by atoms with Crippen LogP contribution in [0, 0.1) is 0 Å². The Morgan fingerprint density at radius 2 is 2.57 bits per heavy atom. The fourth-order valence-electron chi connectivity index (χ4n) is 1.31. The summed E-state index contributed by atoms with van der Waals surface area (Å²) in [5.41, 5.74) is 0. The van der Waals surface area contributed by atoms with Crippen molar-refractivity contribution in [2.24, 2.45) is 0 Å². The van der Waals surface area contributed by atoms with E-state index >= 15 is 0 Å². The number of nitrogens with zero attached hydrogens (tertiary/aromatic N) is 3. The van der Waals surface area contributed by atoms with Gasteiger partial charge in [-0.2, -0.15) is 5.10 Å². The van der Waals surface area contributed by atoms with E-state index in [1.165, 1.54) is 6.33 Å². The van der Waals surface area contributed by atoms with E-state index in [4.69, 9.17) is 9.47 Å². The molecule has 0 spiro atoms. The second-order valence-corrected chi connectivity index (χ2v) is 3.10. The molecule has 0 amide bonds. The van der Waals surface area contributed by atoms with Crippen LogP contribution in [0.4, 0.5) is 0 Å². The summed E-state index contributed by atoms with van der Waals surface area (Å²) in [5, 5.41) is 15.1. The normalized spacial score (nSPS) is 26.9. The molecule has 6 heteroatoms. The number of aromatic nitrogens is 3. The van der Waals surface area contributed by atoms with Gasteiger partial charge in [-0.1, -0.05) is 0 Å². The highest BCUT2D eigenvalue weighted by molar-refractivity contribution is 4.66. The Bertz CT molecular complexity index is 265. The van der Waals surface area contributed by atoms with Crippen LogP contribution in [-0.4, -0.2) is 40.4 Å². The first-order valence-electron chi connectivity index (χ1n) is 4.58. The average Bonchev–Trinajstić information content (AvgIpc) is 2.78. The number of rotatable bonds is 4. The molecule has 0 bridgehead atoms. The summed E-state index contributed by atoms with van der Waals surface area (Å²) >= 11 is 0. The Balaban J connectivity index is 1.68. The van der Waals surface area contributed by atoms with Crippen molar-refractivity contribution in [3.63, 3.8) is 0 Å². The maximum Gasteiger partial charge on any atom is 0.187 e. The first-order valence-corrected chi connectivity index (χ1v) is 4.58. The largest absolute Gasteiger partial charge is 0.350 e. The molecule has 2 rings (SSSR count). The van der Waals surface area contributed by atoms with Crippen molar-refractivity contribution in [3.05, 3.63) is 12.7 Å².